The van der Waals surface area contributed by atoms with Crippen LogP contribution in [-0.4, -0.2) is 46.2 Å². The third-order valence-electron chi connectivity index (χ3n) is 5.30. The standard InChI is InChI=1S/C22H38O5/c1-7-26-20(24)15-17(3)10-8-9-16(2)11-12-18(23)22(6)14-13-19(27-22)21(4,5)25/h9,15,18-19,23,25H,7-8,10-14H2,1-6H3/b16-9+,17-15+/t18-,19+,22-/m0/s1. The molecule has 27 heavy (non-hydrogen) atoms. The molecule has 0 bridgehead atoms. The van der Waals surface area contributed by atoms with Gasteiger partial charge in [0, 0.05) is 6.08 Å². The van der Waals surface area contributed by atoms with Gasteiger partial charge in [-0.25, -0.2) is 4.79 Å². The summed E-state index contributed by atoms with van der Waals surface area (Å²) < 4.78 is 10.9. The summed E-state index contributed by atoms with van der Waals surface area (Å²) in [5, 5.41) is 20.7. The number of aliphatic hydroxyl groups excluding tert-OH is 1. The average Bonchev–Trinajstić information content (AvgIpc) is 2.96. The number of aliphatic hydroxyl groups is 2. The number of carbonyl (C=O) groups excluding carboxylic acids is 1. The van der Waals surface area contributed by atoms with Gasteiger partial charge in [-0.15, -0.1) is 0 Å². The number of carbonyl (C=O) groups is 1. The summed E-state index contributed by atoms with van der Waals surface area (Å²) in [4.78, 5) is 11.4. The van der Waals surface area contributed by atoms with Crippen LogP contribution in [0.4, 0.5) is 0 Å². The molecular formula is C22H38O5. The van der Waals surface area contributed by atoms with Crippen LogP contribution in [0.15, 0.2) is 23.3 Å². The maximum Gasteiger partial charge on any atom is 0.330 e. The second-order valence-corrected chi connectivity index (χ2v) is 8.50. The average molecular weight is 383 g/mol. The number of rotatable bonds is 10. The Morgan fingerprint density at radius 1 is 1.33 bits per heavy atom. The zero-order valence-corrected chi connectivity index (χ0v) is 17.9. The first-order chi connectivity index (χ1) is 12.5. The predicted molar refractivity (Wildman–Crippen MR) is 107 cm³/mol. The molecule has 0 radical (unpaired) electrons. The molecule has 0 amide bonds. The van der Waals surface area contributed by atoms with Crippen molar-refractivity contribution < 1.29 is 24.5 Å². The number of hydrogen-bond donors (Lipinski definition) is 2. The molecule has 1 aliphatic heterocycles. The highest BCUT2D eigenvalue weighted by atomic mass is 16.5. The van der Waals surface area contributed by atoms with Crippen molar-refractivity contribution in [3.05, 3.63) is 23.3 Å². The molecular weight excluding hydrogens is 344 g/mol. The lowest BCUT2D eigenvalue weighted by Gasteiger charge is -2.33. The van der Waals surface area contributed by atoms with E-state index in [-0.39, 0.29) is 12.1 Å². The SMILES string of the molecule is CCOC(=O)/C=C(\C)CC/C=C(\C)CC[C@H](O)[C@]1(C)CC[C@H](C(C)(C)O)O1. The number of ether oxygens (including phenoxy) is 2. The van der Waals surface area contributed by atoms with Crippen molar-refractivity contribution in [2.45, 2.75) is 103 Å². The summed E-state index contributed by atoms with van der Waals surface area (Å²) in [6.07, 6.45) is 7.54. The van der Waals surface area contributed by atoms with E-state index in [1.807, 2.05) is 13.8 Å². The third kappa shape index (κ3) is 8.16. The lowest BCUT2D eigenvalue weighted by atomic mass is 9.90. The Hall–Kier alpha value is -1.17. The van der Waals surface area contributed by atoms with Crippen molar-refractivity contribution >= 4 is 5.97 Å². The van der Waals surface area contributed by atoms with Crippen LogP contribution >= 0.6 is 0 Å². The van der Waals surface area contributed by atoms with Crippen molar-refractivity contribution in [3.8, 4) is 0 Å². The zero-order valence-electron chi connectivity index (χ0n) is 17.9. The molecule has 0 spiro atoms. The van der Waals surface area contributed by atoms with Crippen LogP contribution in [0.5, 0.6) is 0 Å². The molecule has 1 heterocycles. The van der Waals surface area contributed by atoms with Crippen LogP contribution in [0, 0.1) is 0 Å². The van der Waals surface area contributed by atoms with Crippen molar-refractivity contribution in [1.82, 2.24) is 0 Å². The molecule has 0 aromatic heterocycles. The lowest BCUT2D eigenvalue weighted by Crippen LogP contribution is -2.43. The van der Waals surface area contributed by atoms with Gasteiger partial charge in [0.25, 0.3) is 0 Å². The number of esters is 1. The molecule has 0 aliphatic carbocycles. The molecule has 1 rings (SSSR count). The Bertz CT molecular complexity index is 543. The van der Waals surface area contributed by atoms with Gasteiger partial charge in [-0.3, -0.25) is 0 Å². The summed E-state index contributed by atoms with van der Waals surface area (Å²) >= 11 is 0. The van der Waals surface area contributed by atoms with Crippen molar-refractivity contribution in [1.29, 1.82) is 0 Å². The molecule has 1 fully saturated rings. The van der Waals surface area contributed by atoms with E-state index in [0.717, 1.165) is 37.7 Å². The van der Waals surface area contributed by atoms with Gasteiger partial charge < -0.3 is 19.7 Å². The van der Waals surface area contributed by atoms with Crippen molar-refractivity contribution in [2.24, 2.45) is 0 Å². The Kier molecular flexibility index (Phi) is 9.19. The van der Waals surface area contributed by atoms with E-state index in [2.05, 4.69) is 13.0 Å². The Morgan fingerprint density at radius 3 is 2.56 bits per heavy atom. The van der Waals surface area contributed by atoms with Gasteiger partial charge in [0.15, 0.2) is 0 Å². The van der Waals surface area contributed by atoms with Gasteiger partial charge in [-0.2, -0.15) is 0 Å². The lowest BCUT2D eigenvalue weighted by molar-refractivity contribution is -0.153. The summed E-state index contributed by atoms with van der Waals surface area (Å²) in [7, 11) is 0. The molecule has 0 unspecified atom stereocenters. The van der Waals surface area contributed by atoms with E-state index in [1.54, 1.807) is 26.8 Å². The van der Waals surface area contributed by atoms with E-state index in [0.29, 0.717) is 13.0 Å². The van der Waals surface area contributed by atoms with Gasteiger partial charge >= 0.3 is 5.97 Å². The minimum absolute atomic E-state index is 0.233. The van der Waals surface area contributed by atoms with E-state index >= 15 is 0 Å². The fourth-order valence-electron chi connectivity index (χ4n) is 3.38. The van der Waals surface area contributed by atoms with Gasteiger partial charge in [0.1, 0.15) is 0 Å². The molecule has 5 nitrogen and oxygen atoms in total. The van der Waals surface area contributed by atoms with Gasteiger partial charge in [0.05, 0.1) is 30.0 Å². The molecule has 5 heteroatoms. The Balaban J connectivity index is 2.42. The van der Waals surface area contributed by atoms with E-state index in [4.69, 9.17) is 9.47 Å². The summed E-state index contributed by atoms with van der Waals surface area (Å²) in [5.74, 6) is -0.284. The number of allylic oxidation sites excluding steroid dienone is 3. The molecule has 3 atom stereocenters. The first-order valence-electron chi connectivity index (χ1n) is 10.1. The molecule has 2 N–H and O–H groups in total. The van der Waals surface area contributed by atoms with Crippen LogP contribution in [-0.2, 0) is 14.3 Å². The van der Waals surface area contributed by atoms with Crippen molar-refractivity contribution in [3.63, 3.8) is 0 Å². The highest BCUT2D eigenvalue weighted by Gasteiger charge is 2.46. The summed E-state index contributed by atoms with van der Waals surface area (Å²) in [6, 6.07) is 0. The van der Waals surface area contributed by atoms with Crippen LogP contribution < -0.4 is 0 Å². The van der Waals surface area contributed by atoms with Crippen molar-refractivity contribution in [2.75, 3.05) is 6.61 Å². The second-order valence-electron chi connectivity index (χ2n) is 8.50. The first kappa shape index (κ1) is 23.9. The fraction of sp³-hybridized carbons (Fsp3) is 0.773. The quantitative estimate of drug-likeness (QED) is 0.338. The van der Waals surface area contributed by atoms with Crippen LogP contribution in [0.1, 0.15) is 80.1 Å². The van der Waals surface area contributed by atoms with Gasteiger partial charge in [-0.1, -0.05) is 17.2 Å². The molecule has 1 aliphatic rings. The second kappa shape index (κ2) is 10.4. The third-order valence-corrected chi connectivity index (χ3v) is 5.30. The molecule has 156 valence electrons. The van der Waals surface area contributed by atoms with Gasteiger partial charge in [-0.05, 0) is 80.1 Å². The minimum atomic E-state index is -0.887. The maximum absolute atomic E-state index is 11.4. The molecule has 0 aromatic carbocycles. The van der Waals surface area contributed by atoms with E-state index in [1.165, 1.54) is 5.57 Å². The predicted octanol–water partition coefficient (Wildman–Crippen LogP) is 4.07. The summed E-state index contributed by atoms with van der Waals surface area (Å²) in [6.45, 7) is 11.6. The van der Waals surface area contributed by atoms with Crippen LogP contribution in [0.3, 0.4) is 0 Å². The largest absolute Gasteiger partial charge is 0.463 e. The van der Waals surface area contributed by atoms with Crippen LogP contribution in [0.2, 0.25) is 0 Å². The fourth-order valence-corrected chi connectivity index (χ4v) is 3.38. The smallest absolute Gasteiger partial charge is 0.330 e. The monoisotopic (exact) mass is 382 g/mol. The van der Waals surface area contributed by atoms with Gasteiger partial charge in [0.2, 0.25) is 0 Å². The highest BCUT2D eigenvalue weighted by molar-refractivity contribution is 5.82. The number of hydrogen-bond acceptors (Lipinski definition) is 5. The van der Waals surface area contributed by atoms with E-state index in [9.17, 15) is 15.0 Å². The Labute approximate surface area is 164 Å². The normalized spacial score (nSPS) is 25.6. The summed E-state index contributed by atoms with van der Waals surface area (Å²) in [5.41, 5.74) is 0.743. The Morgan fingerprint density at radius 2 is 2.00 bits per heavy atom. The molecule has 1 saturated heterocycles. The van der Waals surface area contributed by atoms with E-state index < -0.39 is 17.3 Å². The maximum atomic E-state index is 11.4. The first-order valence-corrected chi connectivity index (χ1v) is 10.1. The minimum Gasteiger partial charge on any atom is -0.463 e. The molecule has 0 aromatic rings. The zero-order chi connectivity index (χ0) is 20.7. The molecule has 0 saturated carbocycles. The highest BCUT2D eigenvalue weighted by Crippen LogP contribution is 2.38. The topological polar surface area (TPSA) is 76.0 Å². The van der Waals surface area contributed by atoms with Crippen LogP contribution in [0.25, 0.3) is 0 Å².